The van der Waals surface area contributed by atoms with Gasteiger partial charge in [0.2, 0.25) is 0 Å². The summed E-state index contributed by atoms with van der Waals surface area (Å²) in [6.07, 6.45) is 1.48. The molecule has 0 aliphatic rings. The molecular formula is C19H20O4. The molecule has 0 unspecified atom stereocenters. The quantitative estimate of drug-likeness (QED) is 0.619. The van der Waals surface area contributed by atoms with Gasteiger partial charge in [0.05, 0.1) is 21.3 Å². The Morgan fingerprint density at radius 2 is 1.48 bits per heavy atom. The molecule has 4 nitrogen and oxygen atoms in total. The SMILES string of the molecule is COC(=O)/C=C(\C)c1ccc(-c2ccc(OC)c(OC)c2)cc1. The summed E-state index contributed by atoms with van der Waals surface area (Å²) in [6, 6.07) is 13.8. The topological polar surface area (TPSA) is 44.8 Å². The average Bonchev–Trinajstić information content (AvgIpc) is 2.60. The minimum atomic E-state index is -0.355. The smallest absolute Gasteiger partial charge is 0.330 e. The summed E-state index contributed by atoms with van der Waals surface area (Å²) in [5.41, 5.74) is 3.92. The van der Waals surface area contributed by atoms with Crippen LogP contribution in [0.2, 0.25) is 0 Å². The number of methoxy groups -OCH3 is 3. The van der Waals surface area contributed by atoms with Crippen molar-refractivity contribution in [3.05, 3.63) is 54.1 Å². The summed E-state index contributed by atoms with van der Waals surface area (Å²) in [7, 11) is 4.60. The number of hydrogen-bond donors (Lipinski definition) is 0. The van der Waals surface area contributed by atoms with E-state index in [-0.39, 0.29) is 5.97 Å². The van der Waals surface area contributed by atoms with E-state index in [0.29, 0.717) is 11.5 Å². The third-order valence-electron chi connectivity index (χ3n) is 3.59. The van der Waals surface area contributed by atoms with Gasteiger partial charge in [-0.15, -0.1) is 0 Å². The molecule has 2 aromatic carbocycles. The number of hydrogen-bond acceptors (Lipinski definition) is 4. The lowest BCUT2D eigenvalue weighted by Crippen LogP contribution is -1.95. The summed E-state index contributed by atoms with van der Waals surface area (Å²) >= 11 is 0. The highest BCUT2D eigenvalue weighted by atomic mass is 16.5. The zero-order chi connectivity index (χ0) is 16.8. The minimum absolute atomic E-state index is 0.355. The second-order valence-corrected chi connectivity index (χ2v) is 5.00. The largest absolute Gasteiger partial charge is 0.493 e. The maximum atomic E-state index is 11.3. The van der Waals surface area contributed by atoms with Gasteiger partial charge in [-0.05, 0) is 41.3 Å². The highest BCUT2D eigenvalue weighted by Crippen LogP contribution is 2.32. The molecule has 0 aliphatic heterocycles. The summed E-state index contributed by atoms with van der Waals surface area (Å²) in [5, 5.41) is 0. The van der Waals surface area contributed by atoms with Crippen LogP contribution in [0.4, 0.5) is 0 Å². The Balaban J connectivity index is 2.29. The molecule has 0 amide bonds. The molecule has 0 aromatic heterocycles. The molecule has 120 valence electrons. The molecule has 0 N–H and O–H groups in total. The van der Waals surface area contributed by atoms with E-state index in [0.717, 1.165) is 22.3 Å². The molecule has 0 saturated heterocycles. The van der Waals surface area contributed by atoms with Crippen molar-refractivity contribution in [2.75, 3.05) is 21.3 Å². The second kappa shape index (κ2) is 7.49. The van der Waals surface area contributed by atoms with Crippen LogP contribution < -0.4 is 9.47 Å². The maximum absolute atomic E-state index is 11.3. The zero-order valence-electron chi connectivity index (χ0n) is 13.8. The molecule has 2 rings (SSSR count). The van der Waals surface area contributed by atoms with Crippen LogP contribution in [0.25, 0.3) is 16.7 Å². The van der Waals surface area contributed by atoms with E-state index >= 15 is 0 Å². The molecule has 4 heteroatoms. The van der Waals surface area contributed by atoms with Gasteiger partial charge in [0.1, 0.15) is 0 Å². The van der Waals surface area contributed by atoms with Crippen LogP contribution in [0.5, 0.6) is 11.5 Å². The zero-order valence-corrected chi connectivity index (χ0v) is 13.8. The van der Waals surface area contributed by atoms with Crippen molar-refractivity contribution in [2.45, 2.75) is 6.92 Å². The number of allylic oxidation sites excluding steroid dienone is 1. The number of esters is 1. The Morgan fingerprint density at radius 1 is 0.870 bits per heavy atom. The first kappa shape index (κ1) is 16.6. The molecule has 23 heavy (non-hydrogen) atoms. The van der Waals surface area contributed by atoms with Crippen LogP contribution in [0.1, 0.15) is 12.5 Å². The molecule has 0 aliphatic carbocycles. The average molecular weight is 312 g/mol. The predicted molar refractivity (Wildman–Crippen MR) is 90.6 cm³/mol. The van der Waals surface area contributed by atoms with Crippen LogP contribution in [-0.2, 0) is 9.53 Å². The van der Waals surface area contributed by atoms with Gasteiger partial charge < -0.3 is 14.2 Å². The van der Waals surface area contributed by atoms with Crippen molar-refractivity contribution in [1.82, 2.24) is 0 Å². The lowest BCUT2D eigenvalue weighted by atomic mass is 10.0. The van der Waals surface area contributed by atoms with Crippen molar-refractivity contribution < 1.29 is 19.0 Å². The Morgan fingerprint density at radius 3 is 2.04 bits per heavy atom. The van der Waals surface area contributed by atoms with Gasteiger partial charge in [-0.25, -0.2) is 4.79 Å². The van der Waals surface area contributed by atoms with Crippen LogP contribution in [0.3, 0.4) is 0 Å². The van der Waals surface area contributed by atoms with Crippen molar-refractivity contribution in [2.24, 2.45) is 0 Å². The Hall–Kier alpha value is -2.75. The van der Waals surface area contributed by atoms with Crippen molar-refractivity contribution in [3.63, 3.8) is 0 Å². The molecule has 0 heterocycles. The fourth-order valence-electron chi connectivity index (χ4n) is 2.26. The second-order valence-electron chi connectivity index (χ2n) is 5.00. The van der Waals surface area contributed by atoms with Crippen molar-refractivity contribution in [1.29, 1.82) is 0 Å². The van der Waals surface area contributed by atoms with Crippen LogP contribution >= 0.6 is 0 Å². The molecule has 0 bridgehead atoms. The highest BCUT2D eigenvalue weighted by Gasteiger charge is 2.07. The first-order valence-electron chi connectivity index (χ1n) is 7.18. The van der Waals surface area contributed by atoms with Gasteiger partial charge in [0, 0.05) is 6.08 Å². The summed E-state index contributed by atoms with van der Waals surface area (Å²) in [4.78, 5) is 11.3. The molecule has 0 saturated carbocycles. The van der Waals surface area contributed by atoms with E-state index in [2.05, 4.69) is 4.74 Å². The third kappa shape index (κ3) is 3.92. The lowest BCUT2D eigenvalue weighted by Gasteiger charge is -2.10. The number of rotatable bonds is 5. The predicted octanol–water partition coefficient (Wildman–Crippen LogP) is 3.95. The van der Waals surface area contributed by atoms with Gasteiger partial charge in [-0.3, -0.25) is 0 Å². The molecule has 0 radical (unpaired) electrons. The lowest BCUT2D eigenvalue weighted by molar-refractivity contribution is -0.134. The molecule has 0 spiro atoms. The molecule has 0 atom stereocenters. The van der Waals surface area contributed by atoms with Crippen molar-refractivity contribution in [3.8, 4) is 22.6 Å². The minimum Gasteiger partial charge on any atom is -0.493 e. The van der Waals surface area contributed by atoms with Gasteiger partial charge in [0.25, 0.3) is 0 Å². The number of carbonyl (C=O) groups is 1. The maximum Gasteiger partial charge on any atom is 0.330 e. The third-order valence-corrected chi connectivity index (χ3v) is 3.59. The van der Waals surface area contributed by atoms with Crippen LogP contribution in [0, 0.1) is 0 Å². The Labute approximate surface area is 136 Å². The summed E-state index contributed by atoms with van der Waals surface area (Å²) in [6.45, 7) is 1.88. The number of carbonyl (C=O) groups excluding carboxylic acids is 1. The molecule has 2 aromatic rings. The number of benzene rings is 2. The Bertz CT molecular complexity index is 715. The van der Waals surface area contributed by atoms with E-state index in [4.69, 9.17) is 9.47 Å². The van der Waals surface area contributed by atoms with Gasteiger partial charge in [0.15, 0.2) is 11.5 Å². The number of ether oxygens (including phenoxy) is 3. The van der Waals surface area contributed by atoms with E-state index in [1.54, 1.807) is 14.2 Å². The highest BCUT2D eigenvalue weighted by molar-refractivity contribution is 5.91. The van der Waals surface area contributed by atoms with E-state index < -0.39 is 0 Å². The van der Waals surface area contributed by atoms with E-state index in [9.17, 15) is 4.79 Å². The monoisotopic (exact) mass is 312 g/mol. The first-order valence-corrected chi connectivity index (χ1v) is 7.18. The van der Waals surface area contributed by atoms with E-state index in [1.165, 1.54) is 13.2 Å². The first-order chi connectivity index (χ1) is 11.1. The van der Waals surface area contributed by atoms with Gasteiger partial charge in [-0.1, -0.05) is 30.3 Å². The summed E-state index contributed by atoms with van der Waals surface area (Å²) < 4.78 is 15.2. The standard InChI is InChI=1S/C19H20O4/c1-13(11-19(20)23-4)14-5-7-15(8-6-14)16-9-10-17(21-2)18(12-16)22-3/h5-12H,1-4H3/b13-11+. The van der Waals surface area contributed by atoms with Gasteiger partial charge >= 0.3 is 5.97 Å². The van der Waals surface area contributed by atoms with Gasteiger partial charge in [-0.2, -0.15) is 0 Å². The normalized spacial score (nSPS) is 11.0. The fraction of sp³-hybridized carbons (Fsp3) is 0.211. The molecular weight excluding hydrogens is 292 g/mol. The van der Waals surface area contributed by atoms with Crippen LogP contribution in [0.15, 0.2) is 48.5 Å². The fourth-order valence-corrected chi connectivity index (χ4v) is 2.26. The van der Waals surface area contributed by atoms with E-state index in [1.807, 2.05) is 49.4 Å². The van der Waals surface area contributed by atoms with Crippen molar-refractivity contribution >= 4 is 11.5 Å². The summed E-state index contributed by atoms with van der Waals surface area (Å²) in [5.74, 6) is 1.03. The molecule has 0 fully saturated rings. The Kier molecular flexibility index (Phi) is 5.41. The van der Waals surface area contributed by atoms with Crippen LogP contribution in [-0.4, -0.2) is 27.3 Å².